The van der Waals surface area contributed by atoms with Gasteiger partial charge in [0, 0.05) is 25.1 Å². The Kier molecular flexibility index (Phi) is 6.31. The van der Waals surface area contributed by atoms with Gasteiger partial charge in [-0.15, -0.1) is 0 Å². The summed E-state index contributed by atoms with van der Waals surface area (Å²) in [6.45, 7) is -0.111. The van der Waals surface area contributed by atoms with E-state index in [2.05, 4.69) is 5.32 Å². The summed E-state index contributed by atoms with van der Waals surface area (Å²) in [6.07, 6.45) is 0.889. The lowest BCUT2D eigenvalue weighted by molar-refractivity contribution is -0.121. The lowest BCUT2D eigenvalue weighted by Crippen LogP contribution is -2.35. The fraction of sp³-hybridized carbons (Fsp3) is 0.222. The van der Waals surface area contributed by atoms with Crippen LogP contribution in [-0.2, 0) is 21.4 Å². The number of hydrogen-bond donors (Lipinski definition) is 1. The molecule has 0 aliphatic rings. The summed E-state index contributed by atoms with van der Waals surface area (Å²) in [6, 6.07) is 14.3. The van der Waals surface area contributed by atoms with E-state index >= 15 is 0 Å². The van der Waals surface area contributed by atoms with Gasteiger partial charge in [0.1, 0.15) is 11.9 Å². The number of sulfonamides is 1. The number of halogens is 1. The van der Waals surface area contributed by atoms with Crippen molar-refractivity contribution in [3.63, 3.8) is 0 Å². The fourth-order valence-corrected chi connectivity index (χ4v) is 3.32. The van der Waals surface area contributed by atoms with Crippen LogP contribution in [0.2, 0.25) is 0 Å². The molecule has 1 N–H and O–H groups in total. The highest BCUT2D eigenvalue weighted by Crippen LogP contribution is 2.22. The topological polar surface area (TPSA) is 90.3 Å². The largest absolute Gasteiger partial charge is 0.352 e. The van der Waals surface area contributed by atoms with E-state index < -0.39 is 21.7 Å². The molecule has 2 aromatic rings. The maximum atomic E-state index is 13.5. The maximum Gasteiger partial charge on any atom is 0.232 e. The van der Waals surface area contributed by atoms with Crippen molar-refractivity contribution in [2.75, 3.05) is 17.1 Å². The van der Waals surface area contributed by atoms with Crippen molar-refractivity contribution in [3.05, 3.63) is 65.5 Å². The zero-order valence-electron chi connectivity index (χ0n) is 14.1. The van der Waals surface area contributed by atoms with Crippen molar-refractivity contribution >= 4 is 21.6 Å². The zero-order chi connectivity index (χ0) is 19.2. The molecule has 2 aromatic carbocycles. The zero-order valence-corrected chi connectivity index (χ0v) is 15.0. The van der Waals surface area contributed by atoms with Gasteiger partial charge in [-0.2, -0.15) is 5.26 Å². The Morgan fingerprint density at radius 1 is 1.19 bits per heavy atom. The highest BCUT2D eigenvalue weighted by atomic mass is 32.2. The number of amides is 1. The highest BCUT2D eigenvalue weighted by molar-refractivity contribution is 7.92. The molecule has 0 aliphatic heterocycles. The van der Waals surface area contributed by atoms with Crippen LogP contribution in [0.5, 0.6) is 0 Å². The third kappa shape index (κ3) is 5.04. The first-order valence-corrected chi connectivity index (χ1v) is 9.64. The van der Waals surface area contributed by atoms with E-state index in [1.165, 1.54) is 18.2 Å². The summed E-state index contributed by atoms with van der Waals surface area (Å²) in [5.41, 5.74) is 0.764. The van der Waals surface area contributed by atoms with E-state index in [0.29, 0.717) is 5.56 Å². The van der Waals surface area contributed by atoms with E-state index in [1.54, 1.807) is 30.3 Å². The highest BCUT2D eigenvalue weighted by Gasteiger charge is 2.21. The van der Waals surface area contributed by atoms with Gasteiger partial charge in [-0.3, -0.25) is 9.10 Å². The van der Waals surface area contributed by atoms with Gasteiger partial charge in [0.25, 0.3) is 0 Å². The van der Waals surface area contributed by atoms with Crippen LogP contribution < -0.4 is 9.62 Å². The van der Waals surface area contributed by atoms with Crippen LogP contribution in [0, 0.1) is 17.1 Å². The summed E-state index contributed by atoms with van der Waals surface area (Å²) >= 11 is 0. The second-order valence-electron chi connectivity index (χ2n) is 5.58. The molecule has 0 bridgehead atoms. The van der Waals surface area contributed by atoms with Gasteiger partial charge in [-0.05, 0) is 18.2 Å². The molecule has 0 spiro atoms. The van der Waals surface area contributed by atoms with Crippen LogP contribution >= 0.6 is 0 Å². The Hall–Kier alpha value is -2.92. The molecule has 0 heterocycles. The Morgan fingerprint density at radius 2 is 1.85 bits per heavy atom. The molecule has 0 aromatic heterocycles. The van der Waals surface area contributed by atoms with Crippen molar-refractivity contribution in [1.29, 1.82) is 5.26 Å². The Balaban J connectivity index is 2.05. The van der Waals surface area contributed by atoms with Crippen LogP contribution in [0.15, 0.2) is 48.5 Å². The maximum absolute atomic E-state index is 13.5. The fourth-order valence-electron chi connectivity index (χ4n) is 2.38. The lowest BCUT2D eigenvalue weighted by atomic mass is 10.2. The van der Waals surface area contributed by atoms with Crippen molar-refractivity contribution in [3.8, 4) is 6.07 Å². The average Bonchev–Trinajstić information content (AvgIpc) is 2.60. The molecule has 8 heteroatoms. The summed E-state index contributed by atoms with van der Waals surface area (Å²) in [5, 5.41) is 11.7. The van der Waals surface area contributed by atoms with E-state index in [9.17, 15) is 17.6 Å². The van der Waals surface area contributed by atoms with E-state index in [4.69, 9.17) is 5.26 Å². The second kappa shape index (κ2) is 8.45. The molecule has 0 aliphatic carbocycles. The number of nitrogens with one attached hydrogen (secondary N) is 1. The van der Waals surface area contributed by atoms with Gasteiger partial charge >= 0.3 is 0 Å². The first kappa shape index (κ1) is 19.4. The molecule has 136 valence electrons. The van der Waals surface area contributed by atoms with Crippen LogP contribution in [0.4, 0.5) is 10.1 Å². The quantitative estimate of drug-likeness (QED) is 0.803. The minimum Gasteiger partial charge on any atom is -0.352 e. The molecule has 6 nitrogen and oxygen atoms in total. The molecule has 26 heavy (non-hydrogen) atoms. The number of benzene rings is 2. The van der Waals surface area contributed by atoms with Crippen LogP contribution in [0.25, 0.3) is 0 Å². The number of nitriles is 1. The summed E-state index contributed by atoms with van der Waals surface area (Å²) in [7, 11) is -3.68. The smallest absolute Gasteiger partial charge is 0.232 e. The normalized spacial score (nSPS) is 10.8. The SMILES string of the molecule is CS(=O)(=O)N(CCC(=O)NCc1ccccc1F)c1ccccc1C#N. The predicted octanol–water partition coefficient (Wildman–Crippen LogP) is 2.17. The molecule has 0 atom stereocenters. The number of carbonyl (C=O) groups excluding carboxylic acids is 1. The number of anilines is 1. The van der Waals surface area contributed by atoms with Gasteiger partial charge in [0.05, 0.1) is 17.5 Å². The van der Waals surface area contributed by atoms with E-state index in [0.717, 1.165) is 10.6 Å². The van der Waals surface area contributed by atoms with Gasteiger partial charge in [-0.1, -0.05) is 30.3 Å². The summed E-state index contributed by atoms with van der Waals surface area (Å²) in [4.78, 5) is 12.0. The number of para-hydroxylation sites is 1. The average molecular weight is 375 g/mol. The molecule has 1 amide bonds. The van der Waals surface area contributed by atoms with Gasteiger partial charge < -0.3 is 5.32 Å². The standard InChI is InChI=1S/C18H18FN3O3S/c1-26(24,25)22(17-9-5-3-6-14(17)12-20)11-10-18(23)21-13-15-7-2-4-8-16(15)19/h2-9H,10-11,13H2,1H3,(H,21,23). The third-order valence-electron chi connectivity index (χ3n) is 3.67. The summed E-state index contributed by atoms with van der Waals surface area (Å²) < 4.78 is 38.7. The molecular formula is C18H18FN3O3S. The molecule has 0 saturated carbocycles. The third-order valence-corrected chi connectivity index (χ3v) is 4.85. The van der Waals surface area contributed by atoms with Crippen LogP contribution in [0.1, 0.15) is 17.5 Å². The number of hydrogen-bond acceptors (Lipinski definition) is 4. The van der Waals surface area contributed by atoms with Crippen molar-refractivity contribution in [2.24, 2.45) is 0 Å². The van der Waals surface area contributed by atoms with Crippen molar-refractivity contribution in [1.82, 2.24) is 5.32 Å². The molecular weight excluding hydrogens is 357 g/mol. The van der Waals surface area contributed by atoms with Crippen molar-refractivity contribution in [2.45, 2.75) is 13.0 Å². The monoisotopic (exact) mass is 375 g/mol. The molecule has 0 unspecified atom stereocenters. The van der Waals surface area contributed by atoms with E-state index in [1.807, 2.05) is 6.07 Å². The molecule has 0 radical (unpaired) electrons. The lowest BCUT2D eigenvalue weighted by Gasteiger charge is -2.23. The van der Waals surface area contributed by atoms with E-state index in [-0.39, 0.29) is 30.8 Å². The molecule has 0 fully saturated rings. The van der Waals surface area contributed by atoms with Crippen molar-refractivity contribution < 1.29 is 17.6 Å². The number of nitrogens with zero attached hydrogens (tertiary/aromatic N) is 2. The van der Waals surface area contributed by atoms with Gasteiger partial charge in [0.15, 0.2) is 0 Å². The first-order chi connectivity index (χ1) is 12.3. The van der Waals surface area contributed by atoms with Crippen LogP contribution in [-0.4, -0.2) is 27.1 Å². The predicted molar refractivity (Wildman–Crippen MR) is 96.2 cm³/mol. The Morgan fingerprint density at radius 3 is 2.50 bits per heavy atom. The second-order valence-corrected chi connectivity index (χ2v) is 7.49. The van der Waals surface area contributed by atoms with Gasteiger partial charge in [-0.25, -0.2) is 12.8 Å². The minimum atomic E-state index is -3.68. The Labute approximate surface area is 151 Å². The summed E-state index contributed by atoms with van der Waals surface area (Å²) in [5.74, 6) is -0.843. The minimum absolute atomic E-state index is 0.0131. The molecule has 0 saturated heterocycles. The first-order valence-electron chi connectivity index (χ1n) is 7.80. The number of rotatable bonds is 7. The molecule has 2 rings (SSSR count). The van der Waals surface area contributed by atoms with Crippen LogP contribution in [0.3, 0.4) is 0 Å². The van der Waals surface area contributed by atoms with Gasteiger partial charge in [0.2, 0.25) is 15.9 Å². The Bertz CT molecular complexity index is 939. The number of carbonyl (C=O) groups is 1.